The van der Waals surface area contributed by atoms with Crippen LogP contribution < -0.4 is 16.4 Å². The smallest absolute Gasteiger partial charge is 0.408 e. The number of piperidine rings is 1. The molecule has 4 heterocycles. The van der Waals surface area contributed by atoms with Crippen LogP contribution in [0.3, 0.4) is 0 Å². The molecule has 0 atom stereocenters. The van der Waals surface area contributed by atoms with Gasteiger partial charge >= 0.3 is 5.76 Å². The fourth-order valence-corrected chi connectivity index (χ4v) is 5.85. The van der Waals surface area contributed by atoms with Crippen molar-refractivity contribution >= 4 is 28.6 Å². The molecule has 2 aliphatic heterocycles. The number of fused-ring (bicyclic) bond motifs is 1. The number of rotatable bonds is 7. The number of benzene rings is 1. The highest BCUT2D eigenvalue weighted by atomic mass is 16.5. The predicted molar refractivity (Wildman–Crippen MR) is 150 cm³/mol. The molecule has 11 nitrogen and oxygen atoms in total. The van der Waals surface area contributed by atoms with E-state index in [0.29, 0.717) is 35.1 Å². The SMILES string of the molecule is CN1C(C)(C)CC(Nc2nc(Nc3ccc4c(c3)oc(=O)n4CCN3CCOCC3)ncc2C#N)CC1(C)C. The van der Waals surface area contributed by atoms with E-state index in [-0.39, 0.29) is 22.9 Å². The number of oxazole rings is 1. The molecule has 2 aliphatic rings. The molecular formula is C28H38N8O3. The number of nitrogens with one attached hydrogen (secondary N) is 2. The lowest BCUT2D eigenvalue weighted by Crippen LogP contribution is -2.61. The van der Waals surface area contributed by atoms with Crippen molar-refractivity contribution in [2.75, 3.05) is 50.5 Å². The van der Waals surface area contributed by atoms with Crippen molar-refractivity contribution in [1.82, 2.24) is 24.3 Å². The van der Waals surface area contributed by atoms with E-state index in [1.165, 1.54) is 6.20 Å². The molecule has 1 aromatic carbocycles. The average molecular weight is 535 g/mol. The van der Waals surface area contributed by atoms with Gasteiger partial charge in [-0.2, -0.15) is 10.2 Å². The van der Waals surface area contributed by atoms with Gasteiger partial charge in [0.25, 0.3) is 0 Å². The summed E-state index contributed by atoms with van der Waals surface area (Å²) in [6, 6.07) is 7.88. The molecule has 0 amide bonds. The van der Waals surface area contributed by atoms with Crippen molar-refractivity contribution in [3.63, 3.8) is 0 Å². The molecule has 3 aromatic rings. The Balaban J connectivity index is 1.32. The van der Waals surface area contributed by atoms with Crippen LogP contribution in [0.5, 0.6) is 0 Å². The van der Waals surface area contributed by atoms with E-state index in [9.17, 15) is 10.1 Å². The van der Waals surface area contributed by atoms with Crippen LogP contribution in [-0.2, 0) is 11.3 Å². The number of aromatic nitrogens is 3. The Morgan fingerprint density at radius 1 is 1.13 bits per heavy atom. The van der Waals surface area contributed by atoms with Crippen LogP contribution in [-0.4, -0.2) is 81.4 Å². The molecule has 39 heavy (non-hydrogen) atoms. The van der Waals surface area contributed by atoms with Gasteiger partial charge in [-0.3, -0.25) is 14.4 Å². The summed E-state index contributed by atoms with van der Waals surface area (Å²) in [5.41, 5.74) is 2.32. The second-order valence-electron chi connectivity index (χ2n) is 11.8. The quantitative estimate of drug-likeness (QED) is 0.466. The van der Waals surface area contributed by atoms with Crippen LogP contribution in [0.15, 0.2) is 33.6 Å². The second-order valence-corrected chi connectivity index (χ2v) is 11.8. The Morgan fingerprint density at radius 2 is 1.85 bits per heavy atom. The first-order valence-electron chi connectivity index (χ1n) is 13.5. The molecule has 208 valence electrons. The lowest BCUT2D eigenvalue weighted by Gasteiger charge is -2.53. The van der Waals surface area contributed by atoms with Gasteiger partial charge in [-0.05, 0) is 59.7 Å². The Morgan fingerprint density at radius 3 is 2.54 bits per heavy atom. The molecule has 2 saturated heterocycles. The number of hydrogen-bond donors (Lipinski definition) is 2. The van der Waals surface area contributed by atoms with Gasteiger partial charge in [0.1, 0.15) is 17.5 Å². The maximum Gasteiger partial charge on any atom is 0.419 e. The highest BCUT2D eigenvalue weighted by Gasteiger charge is 2.43. The highest BCUT2D eigenvalue weighted by Crippen LogP contribution is 2.38. The normalized spacial score (nSPS) is 20.1. The van der Waals surface area contributed by atoms with Crippen LogP contribution in [0.4, 0.5) is 17.5 Å². The third-order valence-electron chi connectivity index (χ3n) is 8.23. The zero-order valence-corrected chi connectivity index (χ0v) is 23.5. The number of anilines is 3. The summed E-state index contributed by atoms with van der Waals surface area (Å²) >= 11 is 0. The van der Waals surface area contributed by atoms with Gasteiger partial charge in [0.05, 0.1) is 24.9 Å². The fraction of sp³-hybridized carbons (Fsp3) is 0.571. The zero-order valence-electron chi connectivity index (χ0n) is 23.5. The lowest BCUT2D eigenvalue weighted by molar-refractivity contribution is -0.00773. The first-order valence-corrected chi connectivity index (χ1v) is 13.5. The first kappa shape index (κ1) is 27.1. The summed E-state index contributed by atoms with van der Waals surface area (Å²) in [5, 5.41) is 16.4. The molecule has 2 aromatic heterocycles. The van der Waals surface area contributed by atoms with Gasteiger partial charge in [-0.15, -0.1) is 0 Å². The number of nitriles is 1. The van der Waals surface area contributed by atoms with E-state index in [1.807, 2.05) is 12.1 Å². The van der Waals surface area contributed by atoms with E-state index in [1.54, 1.807) is 10.6 Å². The van der Waals surface area contributed by atoms with E-state index in [0.717, 1.165) is 51.2 Å². The van der Waals surface area contributed by atoms with Gasteiger partial charge in [-0.1, -0.05) is 0 Å². The Kier molecular flexibility index (Phi) is 7.37. The molecule has 0 spiro atoms. The van der Waals surface area contributed by atoms with Gasteiger partial charge in [0.15, 0.2) is 5.58 Å². The third kappa shape index (κ3) is 5.78. The van der Waals surface area contributed by atoms with Crippen LogP contribution in [0.25, 0.3) is 11.1 Å². The number of ether oxygens (including phenoxy) is 1. The monoisotopic (exact) mass is 534 g/mol. The summed E-state index contributed by atoms with van der Waals surface area (Å²) < 4.78 is 12.6. The maximum atomic E-state index is 12.6. The number of nitrogens with zero attached hydrogens (tertiary/aromatic N) is 6. The molecule has 0 radical (unpaired) electrons. The van der Waals surface area contributed by atoms with Crippen molar-refractivity contribution in [2.24, 2.45) is 0 Å². The van der Waals surface area contributed by atoms with E-state index in [2.05, 4.69) is 71.2 Å². The lowest BCUT2D eigenvalue weighted by atomic mass is 9.77. The molecule has 2 fully saturated rings. The molecule has 0 unspecified atom stereocenters. The van der Waals surface area contributed by atoms with Crippen LogP contribution in [0, 0.1) is 11.3 Å². The van der Waals surface area contributed by atoms with Crippen molar-refractivity contribution < 1.29 is 9.15 Å². The summed E-state index contributed by atoms with van der Waals surface area (Å²) in [5.74, 6) is 0.495. The van der Waals surface area contributed by atoms with E-state index >= 15 is 0 Å². The summed E-state index contributed by atoms with van der Waals surface area (Å²) in [4.78, 5) is 26.3. The molecule has 5 rings (SSSR count). The Labute approximate surface area is 228 Å². The molecular weight excluding hydrogens is 496 g/mol. The Bertz CT molecular complexity index is 1410. The summed E-state index contributed by atoms with van der Waals surface area (Å²) in [6.07, 6.45) is 3.37. The topological polar surface area (TPSA) is 124 Å². The van der Waals surface area contributed by atoms with Gasteiger partial charge in [0, 0.05) is 55.1 Å². The molecule has 0 saturated carbocycles. The minimum absolute atomic E-state index is 0.00172. The highest BCUT2D eigenvalue weighted by molar-refractivity contribution is 5.78. The number of hydrogen-bond acceptors (Lipinski definition) is 10. The largest absolute Gasteiger partial charge is 0.419 e. The predicted octanol–water partition coefficient (Wildman–Crippen LogP) is 3.40. The van der Waals surface area contributed by atoms with Gasteiger partial charge in [-0.25, -0.2) is 9.78 Å². The zero-order chi connectivity index (χ0) is 27.8. The third-order valence-corrected chi connectivity index (χ3v) is 8.23. The first-order chi connectivity index (χ1) is 18.6. The molecule has 0 bridgehead atoms. The van der Waals surface area contributed by atoms with Crippen molar-refractivity contribution in [1.29, 1.82) is 5.26 Å². The maximum absolute atomic E-state index is 12.6. The van der Waals surface area contributed by atoms with Crippen molar-refractivity contribution in [3.8, 4) is 6.07 Å². The van der Waals surface area contributed by atoms with Gasteiger partial charge in [0.2, 0.25) is 5.95 Å². The minimum atomic E-state index is -0.375. The molecule has 2 N–H and O–H groups in total. The van der Waals surface area contributed by atoms with Crippen LogP contribution >= 0.6 is 0 Å². The summed E-state index contributed by atoms with van der Waals surface area (Å²) in [7, 11) is 2.17. The summed E-state index contributed by atoms with van der Waals surface area (Å²) in [6.45, 7) is 13.5. The van der Waals surface area contributed by atoms with Crippen molar-refractivity contribution in [2.45, 2.75) is 64.2 Å². The van der Waals surface area contributed by atoms with Gasteiger partial charge < -0.3 is 19.8 Å². The Hall–Kier alpha value is -3.46. The van der Waals surface area contributed by atoms with Crippen LogP contribution in [0.1, 0.15) is 46.1 Å². The molecule has 0 aliphatic carbocycles. The number of morpholine rings is 1. The minimum Gasteiger partial charge on any atom is -0.408 e. The standard InChI is InChI=1S/C28H38N8O3/c1-27(2)15-21(16-28(3,4)34(27)5)31-24-19(17-29)18-30-25(33-24)32-20-6-7-22-23(14-20)39-26(37)36(22)9-8-35-10-12-38-13-11-35/h6-7,14,18,21H,8-13,15-16H2,1-5H3,(H2,30,31,32,33). The van der Waals surface area contributed by atoms with E-state index < -0.39 is 0 Å². The number of likely N-dealkylation sites (tertiary alicyclic amines) is 1. The molecule has 11 heteroatoms. The van der Waals surface area contributed by atoms with E-state index in [4.69, 9.17) is 9.15 Å². The average Bonchev–Trinajstić information content (AvgIpc) is 3.20. The van der Waals surface area contributed by atoms with Crippen molar-refractivity contribution in [3.05, 3.63) is 40.5 Å². The van der Waals surface area contributed by atoms with Crippen LogP contribution in [0.2, 0.25) is 0 Å². The fourth-order valence-electron chi connectivity index (χ4n) is 5.85. The second kappa shape index (κ2) is 10.6.